The van der Waals surface area contributed by atoms with Crippen molar-refractivity contribution in [1.82, 2.24) is 19.5 Å². The minimum absolute atomic E-state index is 0.158. The van der Waals surface area contributed by atoms with Crippen LogP contribution in [0.3, 0.4) is 0 Å². The molecule has 2 saturated carbocycles. The van der Waals surface area contributed by atoms with Crippen LogP contribution >= 0.6 is 11.8 Å². The molecule has 1 N–H and O–H groups in total. The van der Waals surface area contributed by atoms with Crippen molar-refractivity contribution < 1.29 is 0 Å². The number of hydrogen-bond donors (Lipinski definition) is 1. The average molecular weight is 316 g/mol. The van der Waals surface area contributed by atoms with Gasteiger partial charge in [0.05, 0.1) is 0 Å². The lowest BCUT2D eigenvalue weighted by Crippen LogP contribution is -2.31. The van der Waals surface area contributed by atoms with Gasteiger partial charge in [0.2, 0.25) is 0 Å². The Morgan fingerprint density at radius 3 is 2.68 bits per heavy atom. The molecule has 6 nitrogen and oxygen atoms in total. The van der Waals surface area contributed by atoms with Gasteiger partial charge in [0.1, 0.15) is 16.2 Å². The average Bonchev–Trinajstić information content (AvgIpc) is 3.37. The number of nitrogens with one attached hydrogen (secondary N) is 1. The van der Waals surface area contributed by atoms with Gasteiger partial charge in [-0.2, -0.15) is 0 Å². The second kappa shape index (κ2) is 5.08. The fourth-order valence-electron chi connectivity index (χ4n) is 2.57. The van der Waals surface area contributed by atoms with E-state index in [4.69, 9.17) is 0 Å². The van der Waals surface area contributed by atoms with E-state index in [1.54, 1.807) is 10.6 Å². The molecule has 2 fully saturated rings. The van der Waals surface area contributed by atoms with Gasteiger partial charge in [-0.1, -0.05) is 6.08 Å². The van der Waals surface area contributed by atoms with Crippen molar-refractivity contribution in [3.8, 4) is 0 Å². The second-order valence-electron chi connectivity index (χ2n) is 5.82. The number of aromatic nitrogens is 4. The Labute approximate surface area is 130 Å². The van der Waals surface area contributed by atoms with E-state index in [2.05, 4.69) is 21.5 Å². The third-order valence-electron chi connectivity index (χ3n) is 3.96. The third-order valence-corrected chi connectivity index (χ3v) is 4.93. The quantitative estimate of drug-likeness (QED) is 0.518. The Bertz CT molecular complexity index is 877. The standard InChI is InChI=1S/C15H16N4O2S/c1-2-7-22-14-10-12(16-11(17-14)8-3-4-8)19(9-5-6-9)15(21)18-13(10)20/h2,8-9H,1,3-7H2,(H,18,20,21). The first-order valence-electron chi connectivity index (χ1n) is 7.49. The molecule has 2 aromatic rings. The summed E-state index contributed by atoms with van der Waals surface area (Å²) in [6.07, 6.45) is 5.85. The summed E-state index contributed by atoms with van der Waals surface area (Å²) in [5.41, 5.74) is -0.259. The number of thioether (sulfide) groups is 1. The van der Waals surface area contributed by atoms with E-state index in [1.807, 2.05) is 0 Å². The van der Waals surface area contributed by atoms with Gasteiger partial charge in [-0.05, 0) is 25.7 Å². The molecule has 0 amide bonds. The normalized spacial score (nSPS) is 17.8. The van der Waals surface area contributed by atoms with Crippen LogP contribution in [0.15, 0.2) is 27.3 Å². The van der Waals surface area contributed by atoms with Crippen molar-refractivity contribution in [2.45, 2.75) is 42.7 Å². The molecule has 0 radical (unpaired) electrons. The van der Waals surface area contributed by atoms with Gasteiger partial charge in [0.15, 0.2) is 5.65 Å². The summed E-state index contributed by atoms with van der Waals surface area (Å²) >= 11 is 1.47. The summed E-state index contributed by atoms with van der Waals surface area (Å²) in [4.78, 5) is 36.0. The number of H-pyrrole nitrogens is 1. The zero-order valence-electron chi connectivity index (χ0n) is 12.0. The molecule has 0 unspecified atom stereocenters. The molecule has 0 atom stereocenters. The highest BCUT2D eigenvalue weighted by molar-refractivity contribution is 7.99. The molecule has 0 spiro atoms. The van der Waals surface area contributed by atoms with Crippen LogP contribution in [0, 0.1) is 0 Å². The fourth-order valence-corrected chi connectivity index (χ4v) is 3.33. The van der Waals surface area contributed by atoms with E-state index in [0.29, 0.717) is 27.7 Å². The van der Waals surface area contributed by atoms with Crippen molar-refractivity contribution in [1.29, 1.82) is 0 Å². The van der Waals surface area contributed by atoms with Crippen LogP contribution in [0.1, 0.15) is 43.5 Å². The summed E-state index contributed by atoms with van der Waals surface area (Å²) in [7, 11) is 0. The number of hydrogen-bond acceptors (Lipinski definition) is 5. The topological polar surface area (TPSA) is 80.6 Å². The van der Waals surface area contributed by atoms with Gasteiger partial charge in [-0.15, -0.1) is 18.3 Å². The van der Waals surface area contributed by atoms with Gasteiger partial charge in [0.25, 0.3) is 5.56 Å². The zero-order chi connectivity index (χ0) is 15.3. The minimum Gasteiger partial charge on any atom is -0.274 e. The molecule has 0 saturated heterocycles. The van der Waals surface area contributed by atoms with Crippen LogP contribution in [0.25, 0.3) is 11.0 Å². The van der Waals surface area contributed by atoms with Gasteiger partial charge in [-0.3, -0.25) is 14.3 Å². The Morgan fingerprint density at radius 2 is 2.05 bits per heavy atom. The Morgan fingerprint density at radius 1 is 1.27 bits per heavy atom. The second-order valence-corrected chi connectivity index (χ2v) is 6.83. The third kappa shape index (κ3) is 2.29. The lowest BCUT2D eigenvalue weighted by atomic mass is 10.3. The van der Waals surface area contributed by atoms with E-state index in [1.165, 1.54) is 11.8 Å². The molecule has 114 valence electrons. The largest absolute Gasteiger partial charge is 0.330 e. The number of aromatic amines is 1. The molecule has 4 rings (SSSR count). The first-order valence-corrected chi connectivity index (χ1v) is 8.47. The Kier molecular flexibility index (Phi) is 3.18. The van der Waals surface area contributed by atoms with Crippen LogP contribution in [-0.2, 0) is 0 Å². The first-order chi connectivity index (χ1) is 10.7. The molecule has 0 aliphatic heterocycles. The van der Waals surface area contributed by atoms with Crippen LogP contribution < -0.4 is 11.2 Å². The molecular formula is C15H16N4O2S. The number of rotatable bonds is 5. The molecule has 0 aromatic carbocycles. The molecule has 0 bridgehead atoms. The number of nitrogens with zero attached hydrogens (tertiary/aromatic N) is 3. The van der Waals surface area contributed by atoms with Gasteiger partial charge < -0.3 is 0 Å². The highest BCUT2D eigenvalue weighted by Gasteiger charge is 2.32. The Balaban J connectivity index is 2.03. The van der Waals surface area contributed by atoms with Crippen molar-refractivity contribution >= 4 is 22.8 Å². The number of fused-ring (bicyclic) bond motifs is 1. The van der Waals surface area contributed by atoms with E-state index in [-0.39, 0.29) is 11.7 Å². The van der Waals surface area contributed by atoms with E-state index in [9.17, 15) is 9.59 Å². The summed E-state index contributed by atoms with van der Waals surface area (Å²) in [6, 6.07) is 0.158. The van der Waals surface area contributed by atoms with E-state index in [0.717, 1.165) is 31.5 Å². The van der Waals surface area contributed by atoms with E-state index < -0.39 is 5.56 Å². The lowest BCUT2D eigenvalue weighted by Gasteiger charge is -2.11. The molecule has 7 heteroatoms. The minimum atomic E-state index is -0.397. The summed E-state index contributed by atoms with van der Waals surface area (Å²) in [5, 5.41) is 1.09. The molecule has 2 aromatic heterocycles. The van der Waals surface area contributed by atoms with Crippen molar-refractivity contribution in [2.75, 3.05) is 5.75 Å². The van der Waals surface area contributed by atoms with Crippen LogP contribution in [0.2, 0.25) is 0 Å². The lowest BCUT2D eigenvalue weighted by molar-refractivity contribution is 0.691. The predicted octanol–water partition coefficient (Wildman–Crippen LogP) is 1.97. The van der Waals surface area contributed by atoms with Gasteiger partial charge in [-0.25, -0.2) is 14.8 Å². The maximum atomic E-state index is 12.3. The van der Waals surface area contributed by atoms with Gasteiger partial charge >= 0.3 is 5.69 Å². The molecule has 2 aliphatic carbocycles. The van der Waals surface area contributed by atoms with Crippen LogP contribution in [0.5, 0.6) is 0 Å². The first kappa shape index (κ1) is 13.8. The molecule has 2 heterocycles. The van der Waals surface area contributed by atoms with Crippen molar-refractivity contribution in [3.63, 3.8) is 0 Å². The molecular weight excluding hydrogens is 300 g/mol. The predicted molar refractivity (Wildman–Crippen MR) is 85.6 cm³/mol. The van der Waals surface area contributed by atoms with Crippen LogP contribution in [0.4, 0.5) is 0 Å². The summed E-state index contributed by atoms with van der Waals surface area (Å²) < 4.78 is 1.64. The highest BCUT2D eigenvalue weighted by Crippen LogP contribution is 2.40. The maximum Gasteiger partial charge on any atom is 0.330 e. The van der Waals surface area contributed by atoms with Crippen LogP contribution in [-0.4, -0.2) is 25.3 Å². The smallest absolute Gasteiger partial charge is 0.274 e. The van der Waals surface area contributed by atoms with Crippen molar-refractivity contribution in [2.24, 2.45) is 0 Å². The van der Waals surface area contributed by atoms with E-state index >= 15 is 0 Å². The zero-order valence-corrected chi connectivity index (χ0v) is 12.9. The highest BCUT2D eigenvalue weighted by atomic mass is 32.2. The fraction of sp³-hybridized carbons (Fsp3) is 0.467. The summed E-state index contributed by atoms with van der Waals surface area (Å²) in [5.74, 6) is 1.80. The van der Waals surface area contributed by atoms with Crippen molar-refractivity contribution in [3.05, 3.63) is 39.3 Å². The molecule has 2 aliphatic rings. The monoisotopic (exact) mass is 316 g/mol. The summed E-state index contributed by atoms with van der Waals surface area (Å²) in [6.45, 7) is 3.71. The van der Waals surface area contributed by atoms with Gasteiger partial charge in [0, 0.05) is 17.7 Å². The Hall–Kier alpha value is -1.89. The molecule has 22 heavy (non-hydrogen) atoms. The maximum absolute atomic E-state index is 12.3. The SMILES string of the molecule is C=CCSc1nc(C2CC2)nc2c1c(=O)[nH]c(=O)n2C1CC1.